The van der Waals surface area contributed by atoms with Gasteiger partial charge in [0.15, 0.2) is 0 Å². The second-order valence-corrected chi connectivity index (χ2v) is 6.49. The Balaban J connectivity index is 2.01. The lowest BCUT2D eigenvalue weighted by molar-refractivity contribution is 0.495. The fourth-order valence-corrected chi connectivity index (χ4v) is 2.56. The highest BCUT2D eigenvalue weighted by molar-refractivity contribution is 5.76. The highest BCUT2D eigenvalue weighted by atomic mass is 16.4. The van der Waals surface area contributed by atoms with E-state index in [0.717, 1.165) is 21.8 Å². The molecule has 0 amide bonds. The van der Waals surface area contributed by atoms with Crippen LogP contribution in [0.3, 0.4) is 0 Å². The van der Waals surface area contributed by atoms with E-state index in [0.29, 0.717) is 0 Å². The van der Waals surface area contributed by atoms with Gasteiger partial charge in [-0.25, -0.2) is 0 Å². The van der Waals surface area contributed by atoms with Crippen molar-refractivity contribution in [2.45, 2.75) is 0 Å². The van der Waals surface area contributed by atoms with Crippen LogP contribution in [-0.4, -0.2) is 29.9 Å². The molecule has 0 saturated heterocycles. The number of aromatic nitrogens is 6. The summed E-state index contributed by atoms with van der Waals surface area (Å²) in [6, 6.07) is 17.1. The molecule has 2 aromatic carbocycles. The normalized spacial score (nSPS) is 9.14. The Morgan fingerprint density at radius 2 is 1.17 bits per heavy atom. The molecule has 1 aromatic heterocycles. The standard InChI is InChI=1S/C27H24N6O2/c1-3-8-26-24(6-1)22-30-16-18-34-20-21-35-19-17-31-23-25-7-2-4-9-27(25)33-15-13-29-11-5-10-28-12-14-32-26/h1-23,32H. The molecule has 0 atom stereocenters. The van der Waals surface area contributed by atoms with Crippen molar-refractivity contribution in [3.63, 3.8) is 0 Å². The largest absolute Gasteiger partial charge is 0.468 e. The van der Waals surface area contributed by atoms with Gasteiger partial charge >= 0.3 is 0 Å². The molecule has 0 saturated carbocycles. The van der Waals surface area contributed by atoms with E-state index in [1.165, 1.54) is 37.4 Å². The Kier molecular flexibility index (Phi) is 11.0. The van der Waals surface area contributed by atoms with Gasteiger partial charge in [-0.3, -0.25) is 24.9 Å². The van der Waals surface area contributed by atoms with Crippen molar-refractivity contribution in [1.82, 2.24) is 29.9 Å². The molecule has 3 aromatic rings. The Hall–Kier alpha value is -5.11. The molecule has 0 fully saturated rings. The Morgan fingerprint density at radius 3 is 1.97 bits per heavy atom. The molecule has 0 aliphatic heterocycles. The van der Waals surface area contributed by atoms with Crippen LogP contribution >= 0.6 is 0 Å². The number of nitrogens with one attached hydrogen (secondary N) is 1. The van der Waals surface area contributed by atoms with Gasteiger partial charge in [0, 0.05) is 65.9 Å². The van der Waals surface area contributed by atoms with Gasteiger partial charge in [-0.05, 0) is 18.2 Å². The van der Waals surface area contributed by atoms with E-state index in [1.54, 1.807) is 55.6 Å². The number of aromatic amines is 1. The monoisotopic (exact) mass is 464 g/mol. The molecule has 35 heavy (non-hydrogen) atoms. The molecule has 1 N–H and O–H groups in total. The first-order valence-electron chi connectivity index (χ1n) is 10.6. The van der Waals surface area contributed by atoms with Crippen LogP contribution in [0.25, 0.3) is 21.8 Å². The van der Waals surface area contributed by atoms with Gasteiger partial charge in [0.05, 0.1) is 17.9 Å². The summed E-state index contributed by atoms with van der Waals surface area (Å²) in [4.78, 5) is 24.3. The third kappa shape index (κ3) is 9.92. The number of rotatable bonds is 0. The lowest BCUT2D eigenvalue weighted by Crippen LogP contribution is -1.72. The average molecular weight is 465 g/mol. The number of para-hydroxylation sites is 2. The van der Waals surface area contributed by atoms with E-state index in [1.807, 2.05) is 48.5 Å². The second-order valence-electron chi connectivity index (χ2n) is 6.49. The van der Waals surface area contributed by atoms with Crippen molar-refractivity contribution < 1.29 is 8.83 Å². The lowest BCUT2D eigenvalue weighted by Gasteiger charge is -1.90. The highest BCUT2D eigenvalue weighted by Crippen LogP contribution is 2.06. The van der Waals surface area contributed by atoms with Crippen molar-refractivity contribution in [2.75, 3.05) is 0 Å². The zero-order valence-corrected chi connectivity index (χ0v) is 18.8. The van der Waals surface area contributed by atoms with Crippen LogP contribution in [0.5, 0.6) is 0 Å². The fourth-order valence-electron chi connectivity index (χ4n) is 2.56. The fraction of sp³-hybridized carbons (Fsp3) is 0. The minimum atomic E-state index is 0.766. The first-order valence-corrected chi connectivity index (χ1v) is 10.6. The first-order chi connectivity index (χ1) is 17.4. The minimum Gasteiger partial charge on any atom is -0.468 e. The molecular formula is C27H24N6O2. The Morgan fingerprint density at radius 1 is 0.514 bits per heavy atom. The maximum Gasteiger partial charge on any atom is 0.125 e. The van der Waals surface area contributed by atoms with Crippen LogP contribution in [0.2, 0.25) is 0 Å². The van der Waals surface area contributed by atoms with E-state index in [2.05, 4.69) is 29.9 Å². The molecule has 1 heterocycles. The first kappa shape index (κ1) is 24.5. The van der Waals surface area contributed by atoms with Crippen LogP contribution in [0.15, 0.2) is 150 Å². The predicted molar refractivity (Wildman–Crippen MR) is 135 cm³/mol. The summed E-state index contributed by atoms with van der Waals surface area (Å²) >= 11 is 0. The van der Waals surface area contributed by atoms with Crippen molar-refractivity contribution in [2.24, 2.45) is 0 Å². The van der Waals surface area contributed by atoms with E-state index in [4.69, 9.17) is 8.83 Å². The molecule has 174 valence electrons. The highest BCUT2D eigenvalue weighted by Gasteiger charge is 1.85. The summed E-state index contributed by atoms with van der Waals surface area (Å²) in [5, 5.41) is 1.76. The minimum absolute atomic E-state index is 0.766. The number of nitrogens with zero attached hydrogens (tertiary/aromatic N) is 5. The average Bonchev–Trinajstić information content (AvgIpc) is 2.88. The zero-order chi connectivity index (χ0) is 24.2. The number of hydrogen-bond donors (Lipinski definition) is 1. The molecule has 0 radical (unpaired) electrons. The molecule has 0 unspecified atom stereocenters. The van der Waals surface area contributed by atoms with Crippen LogP contribution in [0.4, 0.5) is 0 Å². The maximum atomic E-state index is 5.19. The molecule has 8 heteroatoms. The van der Waals surface area contributed by atoms with E-state index in [9.17, 15) is 0 Å². The molecule has 8 nitrogen and oxygen atoms in total. The Labute approximate surface area is 202 Å². The van der Waals surface area contributed by atoms with Crippen molar-refractivity contribution in [1.29, 1.82) is 0 Å². The van der Waals surface area contributed by atoms with Gasteiger partial charge in [0.1, 0.15) is 25.1 Å². The quantitative estimate of drug-likeness (QED) is 0.420. The summed E-state index contributed by atoms with van der Waals surface area (Å²) in [5.74, 6) is 0. The number of fused-ring (bicyclic) bond motifs is 2. The topological polar surface area (TPSA) is 107 Å². The predicted octanol–water partition coefficient (Wildman–Crippen LogP) is 6.23. The van der Waals surface area contributed by atoms with Crippen molar-refractivity contribution >= 4 is 21.8 Å². The molecule has 0 spiro atoms. The van der Waals surface area contributed by atoms with E-state index >= 15 is 0 Å². The number of benzene rings is 2. The maximum absolute atomic E-state index is 5.19. The molecule has 0 aliphatic carbocycles. The summed E-state index contributed by atoms with van der Waals surface area (Å²) in [6.07, 6.45) is 21.9. The van der Waals surface area contributed by atoms with Gasteiger partial charge in [0.25, 0.3) is 0 Å². The van der Waals surface area contributed by atoms with Crippen LogP contribution in [0, 0.1) is 0 Å². The lowest BCUT2D eigenvalue weighted by atomic mass is 10.2. The van der Waals surface area contributed by atoms with E-state index in [-0.39, 0.29) is 0 Å². The van der Waals surface area contributed by atoms with E-state index < -0.39 is 0 Å². The van der Waals surface area contributed by atoms with Gasteiger partial charge in [-0.2, -0.15) is 0 Å². The number of H-pyrrole nitrogens is 1. The third-order valence-corrected chi connectivity index (χ3v) is 4.10. The van der Waals surface area contributed by atoms with Gasteiger partial charge < -0.3 is 13.8 Å². The molecule has 3 rings (SSSR count). The van der Waals surface area contributed by atoms with Gasteiger partial charge in [-0.1, -0.05) is 36.4 Å². The van der Waals surface area contributed by atoms with Crippen LogP contribution in [0.1, 0.15) is 0 Å². The van der Waals surface area contributed by atoms with Crippen LogP contribution < -0.4 is 0 Å². The summed E-state index contributed by atoms with van der Waals surface area (Å²) in [6.45, 7) is 0. The molecule has 0 aliphatic rings. The molecule has 0 bridgehead atoms. The van der Waals surface area contributed by atoms with Gasteiger partial charge in [0.2, 0.25) is 0 Å². The third-order valence-electron chi connectivity index (χ3n) is 4.10. The van der Waals surface area contributed by atoms with Crippen molar-refractivity contribution in [3.05, 3.63) is 142 Å². The van der Waals surface area contributed by atoms with Gasteiger partial charge in [-0.15, -0.1) is 0 Å². The molecular weight excluding hydrogens is 440 g/mol. The second kappa shape index (κ2) is 15.7. The summed E-state index contributed by atoms with van der Waals surface area (Å²) in [7, 11) is 0. The smallest absolute Gasteiger partial charge is 0.125 e. The summed E-state index contributed by atoms with van der Waals surface area (Å²) < 4.78 is 10.4. The van der Waals surface area contributed by atoms with Crippen LogP contribution in [-0.2, 0) is 0 Å². The number of hydrogen-bond acceptors (Lipinski definition) is 7. The zero-order valence-electron chi connectivity index (χ0n) is 18.8. The Bertz CT molecular complexity index is 1330. The SMILES string of the molecule is c1cnccnc2ccccc2cnccoccoccncc2ccccc2[nH]ccnc1. The summed E-state index contributed by atoms with van der Waals surface area (Å²) in [5.41, 5.74) is 1.65. The van der Waals surface area contributed by atoms with Crippen molar-refractivity contribution in [3.8, 4) is 0 Å².